The molecule has 0 unspecified atom stereocenters. The molecule has 162 valence electrons. The van der Waals surface area contributed by atoms with Crippen molar-refractivity contribution < 1.29 is 27.4 Å². The van der Waals surface area contributed by atoms with Crippen LogP contribution in [0.25, 0.3) is 16.8 Å². The number of ether oxygens (including phenoxy) is 2. The lowest BCUT2D eigenvalue weighted by Crippen LogP contribution is -2.17. The normalized spacial score (nSPS) is 11.2. The van der Waals surface area contributed by atoms with Crippen LogP contribution in [-0.2, 0) is 0 Å². The zero-order chi connectivity index (χ0) is 22.7. The molecular weight excluding hydrogens is 421 g/mol. The number of hydrogen-bond donors (Lipinski definition) is 0. The third kappa shape index (κ3) is 4.64. The van der Waals surface area contributed by atoms with Crippen LogP contribution in [0, 0.1) is 0 Å². The molecule has 1 heterocycles. The molecule has 0 saturated carbocycles. The topological polar surface area (TPSA) is 53.4 Å². The molecule has 0 amide bonds. The van der Waals surface area contributed by atoms with Crippen molar-refractivity contribution in [1.29, 1.82) is 0 Å². The number of ketones is 1. The molecule has 0 aliphatic heterocycles. The molecule has 0 spiro atoms. The molecule has 4 aromatic rings. The van der Waals surface area contributed by atoms with Gasteiger partial charge in [-0.25, -0.2) is 4.98 Å². The van der Waals surface area contributed by atoms with Crippen molar-refractivity contribution in [3.63, 3.8) is 0 Å². The van der Waals surface area contributed by atoms with E-state index in [0.29, 0.717) is 28.1 Å². The van der Waals surface area contributed by atoms with Gasteiger partial charge in [-0.05, 0) is 48.0 Å². The number of methoxy groups -OCH3 is 1. The van der Waals surface area contributed by atoms with Crippen molar-refractivity contribution in [1.82, 2.24) is 9.55 Å². The molecule has 0 bridgehead atoms. The van der Waals surface area contributed by atoms with Gasteiger partial charge in [0.25, 0.3) is 0 Å². The van der Waals surface area contributed by atoms with Gasteiger partial charge in [-0.15, -0.1) is 13.2 Å². The smallest absolute Gasteiger partial charge is 0.497 e. The minimum atomic E-state index is -4.80. The third-order valence-electron chi connectivity index (χ3n) is 4.74. The second-order valence-electron chi connectivity index (χ2n) is 6.82. The largest absolute Gasteiger partial charge is 0.573 e. The average Bonchev–Trinajstić information content (AvgIpc) is 3.28. The highest BCUT2D eigenvalue weighted by molar-refractivity contribution is 6.07. The van der Waals surface area contributed by atoms with Crippen molar-refractivity contribution in [3.05, 3.63) is 96.6 Å². The SMILES string of the molecule is COc1ccc(C(=O)c2cn(-c3cccc(-c4ccccc4OC(F)(F)F)c3)cn2)cc1. The molecule has 0 saturated heterocycles. The monoisotopic (exact) mass is 438 g/mol. The van der Waals surface area contributed by atoms with Gasteiger partial charge in [-0.3, -0.25) is 4.79 Å². The predicted octanol–water partition coefficient (Wildman–Crippen LogP) is 5.68. The Morgan fingerprint density at radius 1 is 0.969 bits per heavy atom. The minimum Gasteiger partial charge on any atom is -0.497 e. The third-order valence-corrected chi connectivity index (χ3v) is 4.74. The van der Waals surface area contributed by atoms with E-state index in [1.165, 1.54) is 18.5 Å². The van der Waals surface area contributed by atoms with E-state index in [-0.39, 0.29) is 17.2 Å². The molecule has 32 heavy (non-hydrogen) atoms. The van der Waals surface area contributed by atoms with E-state index in [4.69, 9.17) is 4.74 Å². The summed E-state index contributed by atoms with van der Waals surface area (Å²) in [5, 5.41) is 0. The van der Waals surface area contributed by atoms with Crippen molar-refractivity contribution in [2.45, 2.75) is 6.36 Å². The highest BCUT2D eigenvalue weighted by Crippen LogP contribution is 2.34. The predicted molar refractivity (Wildman–Crippen MR) is 112 cm³/mol. The van der Waals surface area contributed by atoms with E-state index in [1.54, 1.807) is 78.5 Å². The summed E-state index contributed by atoms with van der Waals surface area (Å²) in [6, 6.07) is 19.4. The van der Waals surface area contributed by atoms with E-state index in [2.05, 4.69) is 9.72 Å². The van der Waals surface area contributed by atoms with E-state index in [1.807, 2.05) is 0 Å². The maximum Gasteiger partial charge on any atom is 0.573 e. The second kappa shape index (κ2) is 8.58. The lowest BCUT2D eigenvalue weighted by atomic mass is 10.0. The molecule has 0 fully saturated rings. The van der Waals surface area contributed by atoms with Crippen LogP contribution in [-0.4, -0.2) is 28.8 Å². The molecule has 1 aromatic heterocycles. The Morgan fingerprint density at radius 2 is 1.72 bits per heavy atom. The molecule has 0 aliphatic carbocycles. The Morgan fingerprint density at radius 3 is 2.44 bits per heavy atom. The standard InChI is InChI=1S/C24H17F3N2O3/c1-31-19-11-9-16(10-12-19)23(30)21-14-29(15-28-21)18-6-4-5-17(13-18)20-7-2-3-8-22(20)32-24(25,26)27/h2-15H,1H3. The zero-order valence-corrected chi connectivity index (χ0v) is 16.8. The van der Waals surface area contributed by atoms with Gasteiger partial charge in [0.05, 0.1) is 7.11 Å². The van der Waals surface area contributed by atoms with Crippen LogP contribution in [0.4, 0.5) is 13.2 Å². The number of nitrogens with zero attached hydrogens (tertiary/aromatic N) is 2. The first-order chi connectivity index (χ1) is 15.3. The first kappa shape index (κ1) is 21.2. The number of halogens is 3. The number of carbonyl (C=O) groups is 1. The van der Waals surface area contributed by atoms with E-state index in [9.17, 15) is 18.0 Å². The van der Waals surface area contributed by atoms with Gasteiger partial charge in [-0.2, -0.15) is 0 Å². The van der Waals surface area contributed by atoms with Crippen LogP contribution in [0.1, 0.15) is 16.1 Å². The Kier molecular flexibility index (Phi) is 5.68. The summed E-state index contributed by atoms with van der Waals surface area (Å²) in [7, 11) is 1.54. The van der Waals surface area contributed by atoms with Gasteiger partial charge in [-0.1, -0.05) is 30.3 Å². The first-order valence-corrected chi connectivity index (χ1v) is 9.52. The maximum absolute atomic E-state index is 12.8. The summed E-state index contributed by atoms with van der Waals surface area (Å²) in [5.74, 6) is 0.0864. The molecule has 8 heteroatoms. The number of para-hydroxylation sites is 1. The van der Waals surface area contributed by atoms with E-state index in [0.717, 1.165) is 0 Å². The number of benzene rings is 3. The van der Waals surface area contributed by atoms with E-state index >= 15 is 0 Å². The Hall–Kier alpha value is -4.07. The summed E-state index contributed by atoms with van der Waals surface area (Å²) in [5.41, 5.74) is 2.15. The van der Waals surface area contributed by atoms with Crippen LogP contribution in [0.2, 0.25) is 0 Å². The van der Waals surface area contributed by atoms with Gasteiger partial charge in [0.15, 0.2) is 0 Å². The second-order valence-corrected chi connectivity index (χ2v) is 6.82. The first-order valence-electron chi connectivity index (χ1n) is 9.52. The van der Waals surface area contributed by atoms with Crippen molar-refractivity contribution in [3.8, 4) is 28.3 Å². The van der Waals surface area contributed by atoms with Crippen molar-refractivity contribution in [2.24, 2.45) is 0 Å². The maximum atomic E-state index is 12.8. The fourth-order valence-corrected chi connectivity index (χ4v) is 3.22. The summed E-state index contributed by atoms with van der Waals surface area (Å²) < 4.78 is 49.2. The van der Waals surface area contributed by atoms with E-state index < -0.39 is 6.36 Å². The number of alkyl halides is 3. The van der Waals surface area contributed by atoms with Crippen LogP contribution in [0.3, 0.4) is 0 Å². The lowest BCUT2D eigenvalue weighted by Gasteiger charge is -2.14. The number of imidazole rings is 1. The highest BCUT2D eigenvalue weighted by Gasteiger charge is 2.32. The minimum absolute atomic E-state index is 0.237. The van der Waals surface area contributed by atoms with Gasteiger partial charge in [0, 0.05) is 23.0 Å². The Labute approximate surface area is 181 Å². The van der Waals surface area contributed by atoms with Crippen LogP contribution in [0.5, 0.6) is 11.5 Å². The summed E-state index contributed by atoms with van der Waals surface area (Å²) >= 11 is 0. The van der Waals surface area contributed by atoms with Gasteiger partial charge < -0.3 is 14.0 Å². The van der Waals surface area contributed by atoms with Crippen molar-refractivity contribution in [2.75, 3.05) is 7.11 Å². The van der Waals surface area contributed by atoms with Gasteiger partial charge in [0.1, 0.15) is 23.5 Å². The molecule has 4 rings (SSSR count). The fourth-order valence-electron chi connectivity index (χ4n) is 3.22. The van der Waals surface area contributed by atoms with Crippen LogP contribution < -0.4 is 9.47 Å². The molecule has 3 aromatic carbocycles. The van der Waals surface area contributed by atoms with Crippen LogP contribution >= 0.6 is 0 Å². The highest BCUT2D eigenvalue weighted by atomic mass is 19.4. The quantitative estimate of drug-likeness (QED) is 0.364. The van der Waals surface area contributed by atoms with Crippen molar-refractivity contribution >= 4 is 5.78 Å². The number of hydrogen-bond acceptors (Lipinski definition) is 4. The van der Waals surface area contributed by atoms with Gasteiger partial charge in [0.2, 0.25) is 5.78 Å². The molecule has 0 atom stereocenters. The molecule has 0 N–H and O–H groups in total. The molecular formula is C24H17F3N2O3. The number of carbonyl (C=O) groups excluding carboxylic acids is 1. The summed E-state index contributed by atoms with van der Waals surface area (Å²) in [6.07, 6.45) is -1.74. The zero-order valence-electron chi connectivity index (χ0n) is 16.8. The molecule has 0 aliphatic rings. The number of rotatable bonds is 6. The summed E-state index contributed by atoms with van der Waals surface area (Å²) in [6.45, 7) is 0. The number of aromatic nitrogens is 2. The van der Waals surface area contributed by atoms with Gasteiger partial charge >= 0.3 is 6.36 Å². The average molecular weight is 438 g/mol. The van der Waals surface area contributed by atoms with Crippen LogP contribution in [0.15, 0.2) is 85.3 Å². The Balaban J connectivity index is 1.63. The Bertz CT molecular complexity index is 1250. The summed E-state index contributed by atoms with van der Waals surface area (Å²) in [4.78, 5) is 16.9. The lowest BCUT2D eigenvalue weighted by molar-refractivity contribution is -0.274. The molecule has 5 nitrogen and oxygen atoms in total. The fraction of sp³-hybridized carbons (Fsp3) is 0.0833. The molecule has 0 radical (unpaired) electrons.